The summed E-state index contributed by atoms with van der Waals surface area (Å²) in [6.45, 7) is 1.97. The van der Waals surface area contributed by atoms with Gasteiger partial charge in [-0.2, -0.15) is 0 Å². The molecule has 4 atom stereocenters. The van der Waals surface area contributed by atoms with Gasteiger partial charge >= 0.3 is 0 Å². The molecule has 8 heteroatoms. The highest BCUT2D eigenvalue weighted by Gasteiger charge is 2.50. The van der Waals surface area contributed by atoms with Crippen molar-refractivity contribution in [2.45, 2.75) is 44.4 Å². The zero-order valence-corrected chi connectivity index (χ0v) is 17.7. The molecule has 1 aliphatic rings. The van der Waals surface area contributed by atoms with Crippen LogP contribution in [0.2, 0.25) is 0 Å². The first kappa shape index (κ1) is 20.7. The topological polar surface area (TPSA) is 123 Å². The van der Waals surface area contributed by atoms with Gasteiger partial charge in [0.15, 0.2) is 5.82 Å². The largest absolute Gasteiger partial charge is 0.390 e. The van der Waals surface area contributed by atoms with E-state index in [1.54, 1.807) is 22.9 Å². The number of benzene rings is 1. The zero-order chi connectivity index (χ0) is 22.6. The van der Waals surface area contributed by atoms with Crippen LogP contribution >= 0.6 is 0 Å². The van der Waals surface area contributed by atoms with Crippen LogP contribution in [0.4, 0.5) is 16.0 Å². The van der Waals surface area contributed by atoms with E-state index in [0.717, 1.165) is 29.1 Å². The molecular weight excluding hydrogens is 409 g/mol. The summed E-state index contributed by atoms with van der Waals surface area (Å²) in [5.74, 6) is 0.224. The number of anilines is 2. The summed E-state index contributed by atoms with van der Waals surface area (Å²) < 4.78 is 16.2. The third-order valence-electron chi connectivity index (χ3n) is 6.96. The Labute approximate surface area is 184 Å². The van der Waals surface area contributed by atoms with Crippen molar-refractivity contribution in [2.24, 2.45) is 5.41 Å². The summed E-state index contributed by atoms with van der Waals surface area (Å²) in [5, 5.41) is 23.3. The van der Waals surface area contributed by atoms with Crippen molar-refractivity contribution >= 4 is 33.4 Å². The SMILES string of the molecule is C[C@]1(CCc2ccc3nc(N)ccc3c2)C[C@@H](n2ccc3c(N)ncc(F)c32)[C@H](O)[C@@H]1O. The van der Waals surface area contributed by atoms with Crippen molar-refractivity contribution in [3.8, 4) is 0 Å². The number of aromatic nitrogens is 3. The highest BCUT2D eigenvalue weighted by molar-refractivity contribution is 5.89. The number of hydrogen-bond acceptors (Lipinski definition) is 6. The van der Waals surface area contributed by atoms with Crippen molar-refractivity contribution in [1.82, 2.24) is 14.5 Å². The fourth-order valence-electron chi connectivity index (χ4n) is 5.07. The first-order valence-corrected chi connectivity index (χ1v) is 10.7. The molecule has 3 aromatic heterocycles. The lowest BCUT2D eigenvalue weighted by Gasteiger charge is -2.28. The smallest absolute Gasteiger partial charge is 0.165 e. The molecule has 0 saturated heterocycles. The van der Waals surface area contributed by atoms with Gasteiger partial charge in [-0.1, -0.05) is 13.0 Å². The summed E-state index contributed by atoms with van der Waals surface area (Å²) in [6.07, 6.45) is 2.74. The number of aryl methyl sites for hydroxylation is 1. The molecule has 3 heterocycles. The highest BCUT2D eigenvalue weighted by Crippen LogP contribution is 2.48. The number of aliphatic hydroxyl groups is 2. The predicted octanol–water partition coefficient (Wildman–Crippen LogP) is 3.19. The van der Waals surface area contributed by atoms with Gasteiger partial charge in [0, 0.05) is 17.0 Å². The average molecular weight is 436 g/mol. The van der Waals surface area contributed by atoms with Gasteiger partial charge in [0.25, 0.3) is 0 Å². The first-order chi connectivity index (χ1) is 15.3. The minimum Gasteiger partial charge on any atom is -0.390 e. The molecule has 1 fully saturated rings. The second kappa shape index (κ2) is 7.43. The third-order valence-corrected chi connectivity index (χ3v) is 6.96. The molecule has 0 unspecified atom stereocenters. The maximum atomic E-state index is 14.6. The lowest BCUT2D eigenvalue weighted by Crippen LogP contribution is -2.35. The number of fused-ring (bicyclic) bond motifs is 2. The quantitative estimate of drug-likeness (QED) is 0.390. The molecule has 0 radical (unpaired) electrons. The van der Waals surface area contributed by atoms with Gasteiger partial charge in [-0.05, 0) is 60.6 Å². The standard InChI is InChI=1S/C24H26FN5O2/c1-24(8-6-13-2-4-17-14(10-13)3-5-19(26)29-17)11-18(21(31)22(24)32)30-9-7-15-20(30)16(25)12-28-23(15)27/h2-5,7,9-10,12,18,21-22,31-32H,6,8,11H2,1H3,(H2,26,29)(H2,27,28)/t18-,21+,22+,24+/m1/s1. The van der Waals surface area contributed by atoms with Gasteiger partial charge in [0.2, 0.25) is 0 Å². The molecule has 0 amide bonds. The maximum absolute atomic E-state index is 14.6. The summed E-state index contributed by atoms with van der Waals surface area (Å²) in [7, 11) is 0. The number of aliphatic hydroxyl groups excluding tert-OH is 2. The summed E-state index contributed by atoms with van der Waals surface area (Å²) in [6, 6.07) is 11.0. The number of hydrogen-bond donors (Lipinski definition) is 4. The Balaban J connectivity index is 1.40. The number of nitrogens with zero attached hydrogens (tertiary/aromatic N) is 3. The van der Waals surface area contributed by atoms with Crippen molar-refractivity contribution in [1.29, 1.82) is 0 Å². The number of nitrogen functional groups attached to an aromatic ring is 2. The molecule has 1 saturated carbocycles. The molecule has 7 nitrogen and oxygen atoms in total. The molecule has 0 bridgehead atoms. The lowest BCUT2D eigenvalue weighted by atomic mass is 9.80. The van der Waals surface area contributed by atoms with Crippen LogP contribution in [-0.2, 0) is 6.42 Å². The van der Waals surface area contributed by atoms with Crippen LogP contribution in [0.3, 0.4) is 0 Å². The lowest BCUT2D eigenvalue weighted by molar-refractivity contribution is -0.0241. The average Bonchev–Trinajstić information content (AvgIpc) is 3.32. The Morgan fingerprint density at radius 3 is 2.81 bits per heavy atom. The Kier molecular flexibility index (Phi) is 4.79. The third kappa shape index (κ3) is 3.27. The molecule has 4 aromatic rings. The Bertz CT molecular complexity index is 1320. The van der Waals surface area contributed by atoms with Gasteiger partial charge in [0.1, 0.15) is 17.7 Å². The van der Waals surface area contributed by atoms with E-state index in [-0.39, 0.29) is 5.82 Å². The van der Waals surface area contributed by atoms with Crippen LogP contribution in [0.15, 0.2) is 48.8 Å². The normalized spacial score (nSPS) is 25.7. The minimum atomic E-state index is -1.02. The van der Waals surface area contributed by atoms with Crippen LogP contribution in [0, 0.1) is 11.2 Å². The summed E-state index contributed by atoms with van der Waals surface area (Å²) in [4.78, 5) is 8.19. The maximum Gasteiger partial charge on any atom is 0.165 e. The van der Waals surface area contributed by atoms with E-state index in [2.05, 4.69) is 16.0 Å². The monoisotopic (exact) mass is 435 g/mol. The van der Waals surface area contributed by atoms with Crippen LogP contribution in [-0.4, -0.2) is 37.0 Å². The predicted molar refractivity (Wildman–Crippen MR) is 122 cm³/mol. The number of halogens is 1. The molecule has 5 rings (SSSR count). The van der Waals surface area contributed by atoms with E-state index in [9.17, 15) is 14.6 Å². The Hall–Kier alpha value is -3.23. The van der Waals surface area contributed by atoms with E-state index >= 15 is 0 Å². The first-order valence-electron chi connectivity index (χ1n) is 10.7. The van der Waals surface area contributed by atoms with E-state index in [0.29, 0.717) is 29.6 Å². The molecule has 0 spiro atoms. The zero-order valence-electron chi connectivity index (χ0n) is 17.7. The van der Waals surface area contributed by atoms with Gasteiger partial charge < -0.3 is 26.2 Å². The van der Waals surface area contributed by atoms with Crippen molar-refractivity contribution in [2.75, 3.05) is 11.5 Å². The van der Waals surface area contributed by atoms with E-state index in [1.165, 1.54) is 0 Å². The number of nitrogens with two attached hydrogens (primary N) is 2. The minimum absolute atomic E-state index is 0.239. The second-order valence-electron chi connectivity index (χ2n) is 9.10. The van der Waals surface area contributed by atoms with Crippen molar-refractivity contribution in [3.05, 3.63) is 60.2 Å². The molecule has 166 valence electrons. The summed E-state index contributed by atoms with van der Waals surface area (Å²) >= 11 is 0. The van der Waals surface area contributed by atoms with E-state index in [1.807, 2.05) is 25.1 Å². The molecule has 1 aromatic carbocycles. The van der Waals surface area contributed by atoms with E-state index in [4.69, 9.17) is 11.5 Å². The van der Waals surface area contributed by atoms with Crippen LogP contribution in [0.25, 0.3) is 21.8 Å². The number of pyridine rings is 2. The molecular formula is C24H26FN5O2. The van der Waals surface area contributed by atoms with Crippen LogP contribution < -0.4 is 11.5 Å². The molecule has 6 N–H and O–H groups in total. The highest BCUT2D eigenvalue weighted by atomic mass is 19.1. The van der Waals surface area contributed by atoms with Gasteiger partial charge in [-0.15, -0.1) is 0 Å². The summed E-state index contributed by atoms with van der Waals surface area (Å²) in [5.41, 5.74) is 13.4. The fourth-order valence-corrected chi connectivity index (χ4v) is 5.07. The van der Waals surface area contributed by atoms with Gasteiger partial charge in [-0.25, -0.2) is 14.4 Å². The Morgan fingerprint density at radius 1 is 1.19 bits per heavy atom. The second-order valence-corrected chi connectivity index (χ2v) is 9.10. The van der Waals surface area contributed by atoms with Crippen LogP contribution in [0.5, 0.6) is 0 Å². The van der Waals surface area contributed by atoms with Crippen molar-refractivity contribution in [3.63, 3.8) is 0 Å². The molecule has 1 aliphatic carbocycles. The van der Waals surface area contributed by atoms with Crippen molar-refractivity contribution < 1.29 is 14.6 Å². The van der Waals surface area contributed by atoms with Gasteiger partial charge in [0.05, 0.1) is 29.4 Å². The molecule has 0 aliphatic heterocycles. The fraction of sp³-hybridized carbons (Fsp3) is 0.333. The van der Waals surface area contributed by atoms with Crippen LogP contribution in [0.1, 0.15) is 31.4 Å². The van der Waals surface area contributed by atoms with Gasteiger partial charge in [-0.3, -0.25) is 0 Å². The van der Waals surface area contributed by atoms with E-state index < -0.39 is 29.5 Å². The Morgan fingerprint density at radius 2 is 2.00 bits per heavy atom. The molecule has 32 heavy (non-hydrogen) atoms. The number of rotatable bonds is 4.